The largest absolute Gasteiger partial charge is 0.493 e. The molecule has 1 aliphatic heterocycles. The van der Waals surface area contributed by atoms with E-state index in [-0.39, 0.29) is 0 Å². The molecule has 2 atom stereocenters. The molecule has 1 aromatic carbocycles. The molecule has 2 heterocycles. The first-order valence-corrected chi connectivity index (χ1v) is 11.9. The summed E-state index contributed by atoms with van der Waals surface area (Å²) >= 11 is 0. The van der Waals surface area contributed by atoms with Crippen LogP contribution in [-0.4, -0.2) is 53.5 Å². The van der Waals surface area contributed by atoms with Gasteiger partial charge in [0.15, 0.2) is 11.5 Å². The highest BCUT2D eigenvalue weighted by molar-refractivity contribution is 5.46. The second kappa shape index (κ2) is 11.0. The van der Waals surface area contributed by atoms with Crippen LogP contribution >= 0.6 is 0 Å². The second-order valence-corrected chi connectivity index (χ2v) is 8.92. The van der Waals surface area contributed by atoms with E-state index in [1.807, 2.05) is 24.8 Å². The summed E-state index contributed by atoms with van der Waals surface area (Å²) in [6, 6.07) is 6.24. The summed E-state index contributed by atoms with van der Waals surface area (Å²) in [5.41, 5.74) is 1.20. The number of hydrogen-bond acceptors (Lipinski definition) is 5. The Kier molecular flexibility index (Phi) is 7.86. The highest BCUT2D eigenvalue weighted by atomic mass is 16.5. The van der Waals surface area contributed by atoms with E-state index >= 15 is 0 Å². The predicted octanol–water partition coefficient (Wildman–Crippen LogP) is 4.53. The van der Waals surface area contributed by atoms with E-state index in [9.17, 15) is 0 Å². The molecule has 0 N–H and O–H groups in total. The summed E-state index contributed by atoms with van der Waals surface area (Å²) in [6.07, 6.45) is 13.6. The van der Waals surface area contributed by atoms with Crippen LogP contribution in [0.25, 0.3) is 0 Å². The van der Waals surface area contributed by atoms with Gasteiger partial charge in [0.1, 0.15) is 0 Å². The maximum atomic E-state index is 6.47. The Morgan fingerprint density at radius 3 is 2.84 bits per heavy atom. The summed E-state index contributed by atoms with van der Waals surface area (Å²) in [7, 11) is 1.72. The molecule has 31 heavy (non-hydrogen) atoms. The summed E-state index contributed by atoms with van der Waals surface area (Å²) in [6.45, 7) is 6.70. The zero-order valence-electron chi connectivity index (χ0n) is 19.0. The molecule has 6 heteroatoms. The van der Waals surface area contributed by atoms with Crippen molar-refractivity contribution in [3.63, 3.8) is 0 Å². The Morgan fingerprint density at radius 2 is 2.10 bits per heavy atom. The first-order chi connectivity index (χ1) is 15.3. The van der Waals surface area contributed by atoms with Crippen molar-refractivity contribution >= 4 is 0 Å². The van der Waals surface area contributed by atoms with Gasteiger partial charge < -0.3 is 18.8 Å². The Hall–Kier alpha value is -2.05. The van der Waals surface area contributed by atoms with Crippen molar-refractivity contribution in [1.82, 2.24) is 14.5 Å². The van der Waals surface area contributed by atoms with Crippen LogP contribution in [0.1, 0.15) is 51.0 Å². The van der Waals surface area contributed by atoms with Crippen molar-refractivity contribution in [2.24, 2.45) is 5.92 Å². The number of aromatic nitrogens is 2. The number of hydrogen-bond donors (Lipinski definition) is 0. The number of unbranched alkanes of at least 4 members (excludes halogenated alkanes) is 1. The minimum Gasteiger partial charge on any atom is -0.493 e. The average Bonchev–Trinajstić information content (AvgIpc) is 3.52. The molecule has 1 aromatic heterocycles. The van der Waals surface area contributed by atoms with Crippen LogP contribution < -0.4 is 9.47 Å². The van der Waals surface area contributed by atoms with E-state index in [2.05, 4.69) is 33.5 Å². The van der Waals surface area contributed by atoms with Crippen LogP contribution in [0.15, 0.2) is 36.9 Å². The van der Waals surface area contributed by atoms with Crippen LogP contribution in [0.5, 0.6) is 11.5 Å². The van der Waals surface area contributed by atoms with Gasteiger partial charge in [-0.3, -0.25) is 4.90 Å². The Morgan fingerprint density at radius 1 is 1.19 bits per heavy atom. The summed E-state index contributed by atoms with van der Waals surface area (Å²) in [5.74, 6) is 2.46. The van der Waals surface area contributed by atoms with Crippen LogP contribution in [0.4, 0.5) is 0 Å². The number of rotatable bonds is 12. The lowest BCUT2D eigenvalue weighted by Crippen LogP contribution is -2.48. The first kappa shape index (κ1) is 22.2. The topological polar surface area (TPSA) is 48.8 Å². The SMILES string of the molecule is CCCC[C@@H]1CN(Cc2cccc(OC)c2OCCCn2ccnc2)C[C@H](C2CC2)O1. The molecule has 0 unspecified atom stereocenters. The highest BCUT2D eigenvalue weighted by Crippen LogP contribution is 2.38. The van der Waals surface area contributed by atoms with Crippen molar-refractivity contribution < 1.29 is 14.2 Å². The van der Waals surface area contributed by atoms with E-state index in [4.69, 9.17) is 14.2 Å². The van der Waals surface area contributed by atoms with Gasteiger partial charge in [0.05, 0.1) is 32.3 Å². The van der Waals surface area contributed by atoms with Gasteiger partial charge in [-0.25, -0.2) is 4.98 Å². The minimum absolute atomic E-state index is 0.351. The lowest BCUT2D eigenvalue weighted by atomic mass is 10.1. The fourth-order valence-corrected chi connectivity index (χ4v) is 4.49. The molecule has 6 nitrogen and oxygen atoms in total. The summed E-state index contributed by atoms with van der Waals surface area (Å²) in [4.78, 5) is 6.67. The number of nitrogens with zero attached hydrogens (tertiary/aromatic N) is 3. The smallest absolute Gasteiger partial charge is 0.165 e. The number of benzene rings is 1. The van der Waals surface area contributed by atoms with Crippen molar-refractivity contribution in [3.05, 3.63) is 42.5 Å². The second-order valence-electron chi connectivity index (χ2n) is 8.92. The van der Waals surface area contributed by atoms with Gasteiger partial charge >= 0.3 is 0 Å². The molecule has 1 saturated heterocycles. The molecular weight excluding hydrogens is 390 g/mol. The van der Waals surface area contributed by atoms with Gasteiger partial charge in [-0.2, -0.15) is 0 Å². The van der Waals surface area contributed by atoms with Crippen LogP contribution in [0.3, 0.4) is 0 Å². The fraction of sp³-hybridized carbons (Fsp3) is 0.640. The molecule has 0 spiro atoms. The van der Waals surface area contributed by atoms with Gasteiger partial charge in [-0.15, -0.1) is 0 Å². The van der Waals surface area contributed by atoms with Gasteiger partial charge in [-0.1, -0.05) is 31.9 Å². The molecule has 1 saturated carbocycles. The molecule has 170 valence electrons. The number of imidazole rings is 1. The van der Waals surface area contributed by atoms with E-state index in [1.54, 1.807) is 7.11 Å². The molecule has 4 rings (SSSR count). The van der Waals surface area contributed by atoms with Gasteiger partial charge in [0.2, 0.25) is 0 Å². The van der Waals surface area contributed by atoms with E-state index < -0.39 is 0 Å². The van der Waals surface area contributed by atoms with Crippen molar-refractivity contribution in [2.45, 2.75) is 70.7 Å². The van der Waals surface area contributed by atoms with Crippen molar-refractivity contribution in [3.8, 4) is 11.5 Å². The average molecular weight is 428 g/mol. The summed E-state index contributed by atoms with van der Waals surface area (Å²) < 4.78 is 20.4. The Bertz CT molecular complexity index is 791. The molecule has 2 aliphatic rings. The lowest BCUT2D eigenvalue weighted by molar-refractivity contribution is -0.0994. The van der Waals surface area contributed by atoms with E-state index in [0.29, 0.717) is 18.8 Å². The maximum Gasteiger partial charge on any atom is 0.165 e. The normalized spacial score (nSPS) is 21.9. The molecule has 0 radical (unpaired) electrons. The van der Waals surface area contributed by atoms with Crippen molar-refractivity contribution in [1.29, 1.82) is 0 Å². The fourth-order valence-electron chi connectivity index (χ4n) is 4.49. The summed E-state index contributed by atoms with van der Waals surface area (Å²) in [5, 5.41) is 0. The van der Waals surface area contributed by atoms with Gasteiger partial charge in [0, 0.05) is 44.1 Å². The first-order valence-electron chi connectivity index (χ1n) is 11.9. The molecule has 1 aliphatic carbocycles. The maximum absolute atomic E-state index is 6.47. The zero-order valence-corrected chi connectivity index (χ0v) is 19.0. The molecular formula is C25H37N3O3. The third-order valence-corrected chi connectivity index (χ3v) is 6.34. The predicted molar refractivity (Wildman–Crippen MR) is 122 cm³/mol. The van der Waals surface area contributed by atoms with Crippen molar-refractivity contribution in [2.75, 3.05) is 26.8 Å². The molecule has 2 aromatic rings. The molecule has 0 amide bonds. The Labute approximate surface area is 186 Å². The third kappa shape index (κ3) is 6.23. The third-order valence-electron chi connectivity index (χ3n) is 6.34. The quantitative estimate of drug-likeness (QED) is 0.466. The number of methoxy groups -OCH3 is 1. The lowest BCUT2D eigenvalue weighted by Gasteiger charge is -2.38. The number of ether oxygens (including phenoxy) is 3. The van der Waals surface area contributed by atoms with E-state index in [0.717, 1.165) is 56.4 Å². The van der Waals surface area contributed by atoms with Crippen LogP contribution in [0, 0.1) is 5.92 Å². The van der Waals surface area contributed by atoms with Gasteiger partial charge in [0.25, 0.3) is 0 Å². The number of para-hydroxylation sites is 1. The van der Waals surface area contributed by atoms with Gasteiger partial charge in [-0.05, 0) is 37.7 Å². The molecule has 0 bridgehead atoms. The Balaban J connectivity index is 1.40. The molecule has 2 fully saturated rings. The minimum atomic E-state index is 0.351. The number of morpholine rings is 1. The monoisotopic (exact) mass is 427 g/mol. The zero-order chi connectivity index (χ0) is 21.5. The van der Waals surface area contributed by atoms with Crippen LogP contribution in [-0.2, 0) is 17.8 Å². The number of aryl methyl sites for hydroxylation is 1. The standard InChI is InChI=1S/C25H37N3O3/c1-3-4-8-22-17-28(18-24(31-22)20-10-11-20)16-21-7-5-9-23(29-2)25(21)30-15-6-13-27-14-12-26-19-27/h5,7,9,12,14,19-20,22,24H,3-4,6,8,10-11,13,15-18H2,1-2H3/t22-,24-/m1/s1. The van der Waals surface area contributed by atoms with Crippen LogP contribution in [0.2, 0.25) is 0 Å². The van der Waals surface area contributed by atoms with E-state index in [1.165, 1.54) is 31.2 Å². The highest BCUT2D eigenvalue weighted by Gasteiger charge is 2.38.